The summed E-state index contributed by atoms with van der Waals surface area (Å²) in [6.45, 7) is 4.35. The summed E-state index contributed by atoms with van der Waals surface area (Å²) >= 11 is 12.3. The minimum Gasteiger partial charge on any atom is -0.352 e. The molecule has 0 aliphatic heterocycles. The maximum absolute atomic E-state index is 13.4. The first-order chi connectivity index (χ1) is 14.9. The summed E-state index contributed by atoms with van der Waals surface area (Å²) < 4.78 is 0. The maximum Gasteiger partial charge on any atom is 0.243 e. The van der Waals surface area contributed by atoms with Gasteiger partial charge in [0.05, 0.1) is 6.42 Å². The van der Waals surface area contributed by atoms with Crippen molar-refractivity contribution >= 4 is 35.0 Å². The van der Waals surface area contributed by atoms with Gasteiger partial charge in [0.15, 0.2) is 0 Å². The van der Waals surface area contributed by atoms with Crippen LogP contribution in [0.15, 0.2) is 42.5 Å². The maximum atomic E-state index is 13.4. The molecule has 4 nitrogen and oxygen atoms in total. The third-order valence-corrected chi connectivity index (χ3v) is 6.50. The Kier molecular flexibility index (Phi) is 8.39. The van der Waals surface area contributed by atoms with Crippen molar-refractivity contribution in [2.45, 2.75) is 71.0 Å². The minimum atomic E-state index is -0.527. The Morgan fingerprint density at radius 3 is 2.39 bits per heavy atom. The molecule has 0 spiro atoms. The van der Waals surface area contributed by atoms with Gasteiger partial charge in [-0.3, -0.25) is 9.59 Å². The fourth-order valence-corrected chi connectivity index (χ4v) is 4.58. The number of carbonyl (C=O) groups excluding carboxylic acids is 2. The molecular weight excluding hydrogens is 431 g/mol. The smallest absolute Gasteiger partial charge is 0.243 e. The van der Waals surface area contributed by atoms with E-state index in [1.165, 1.54) is 0 Å². The molecule has 0 aromatic heterocycles. The average Bonchev–Trinajstić information content (AvgIpc) is 3.24. The predicted molar refractivity (Wildman–Crippen MR) is 126 cm³/mol. The summed E-state index contributed by atoms with van der Waals surface area (Å²) in [7, 11) is 0. The van der Waals surface area contributed by atoms with E-state index in [9.17, 15) is 9.59 Å². The summed E-state index contributed by atoms with van der Waals surface area (Å²) in [6.07, 6.45) is 4.97. The van der Waals surface area contributed by atoms with E-state index in [0.29, 0.717) is 28.6 Å². The Bertz CT molecular complexity index is 908. The average molecular weight is 461 g/mol. The van der Waals surface area contributed by atoms with Crippen molar-refractivity contribution in [2.75, 3.05) is 0 Å². The highest BCUT2D eigenvalue weighted by Crippen LogP contribution is 2.24. The van der Waals surface area contributed by atoms with Gasteiger partial charge in [-0.15, -0.1) is 0 Å². The van der Waals surface area contributed by atoms with Crippen molar-refractivity contribution in [3.63, 3.8) is 0 Å². The Morgan fingerprint density at radius 1 is 1.10 bits per heavy atom. The highest BCUT2D eigenvalue weighted by Gasteiger charge is 2.30. The molecule has 6 heteroatoms. The molecule has 166 valence electrons. The third kappa shape index (κ3) is 6.47. The lowest BCUT2D eigenvalue weighted by Crippen LogP contribution is -2.51. The van der Waals surface area contributed by atoms with Crippen LogP contribution in [0.2, 0.25) is 10.0 Å². The van der Waals surface area contributed by atoms with Crippen LogP contribution in [0.4, 0.5) is 0 Å². The standard InChI is InChI=1S/C25H30Cl2N2O2/c1-3-23(25(31)28-21-6-4-5-7-21)29(16-18-10-8-17(2)9-11-18)24(30)14-19-12-13-20(26)15-22(19)27/h8-13,15,21,23H,3-7,14,16H2,1-2H3,(H,28,31). The number of rotatable bonds is 8. The van der Waals surface area contributed by atoms with Gasteiger partial charge in [0, 0.05) is 22.6 Å². The zero-order valence-electron chi connectivity index (χ0n) is 18.2. The number of aryl methyl sites for hydroxylation is 1. The van der Waals surface area contributed by atoms with E-state index < -0.39 is 6.04 Å². The van der Waals surface area contributed by atoms with Gasteiger partial charge in [0.1, 0.15) is 6.04 Å². The van der Waals surface area contributed by atoms with Crippen LogP contribution < -0.4 is 5.32 Å². The van der Waals surface area contributed by atoms with Gasteiger partial charge in [0.2, 0.25) is 11.8 Å². The van der Waals surface area contributed by atoms with Crippen LogP contribution in [-0.2, 0) is 22.6 Å². The first-order valence-corrected chi connectivity index (χ1v) is 11.7. The summed E-state index contributed by atoms with van der Waals surface area (Å²) in [5, 5.41) is 4.15. The molecule has 1 aliphatic rings. The molecule has 0 bridgehead atoms. The molecule has 1 N–H and O–H groups in total. The van der Waals surface area contributed by atoms with Crippen LogP contribution in [-0.4, -0.2) is 28.8 Å². The molecule has 1 aliphatic carbocycles. The van der Waals surface area contributed by atoms with Gasteiger partial charge < -0.3 is 10.2 Å². The number of hydrogen-bond acceptors (Lipinski definition) is 2. The van der Waals surface area contributed by atoms with Crippen LogP contribution >= 0.6 is 23.2 Å². The van der Waals surface area contributed by atoms with Crippen LogP contribution in [0.3, 0.4) is 0 Å². The van der Waals surface area contributed by atoms with Crippen molar-refractivity contribution in [1.82, 2.24) is 10.2 Å². The van der Waals surface area contributed by atoms with Crippen molar-refractivity contribution in [1.29, 1.82) is 0 Å². The first-order valence-electron chi connectivity index (χ1n) is 11.0. The highest BCUT2D eigenvalue weighted by atomic mass is 35.5. The quantitative estimate of drug-likeness (QED) is 0.548. The summed E-state index contributed by atoms with van der Waals surface area (Å²) in [5.41, 5.74) is 2.85. The van der Waals surface area contributed by atoms with E-state index >= 15 is 0 Å². The van der Waals surface area contributed by atoms with E-state index in [-0.39, 0.29) is 24.3 Å². The second kappa shape index (κ2) is 11.0. The van der Waals surface area contributed by atoms with Crippen molar-refractivity contribution in [3.8, 4) is 0 Å². The first kappa shape index (κ1) is 23.6. The molecule has 2 aromatic carbocycles. The predicted octanol–water partition coefficient (Wildman–Crippen LogP) is 5.71. The second-order valence-electron chi connectivity index (χ2n) is 8.33. The van der Waals surface area contributed by atoms with E-state index in [2.05, 4.69) is 5.32 Å². The molecular formula is C25H30Cl2N2O2. The van der Waals surface area contributed by atoms with E-state index in [1.807, 2.05) is 38.1 Å². The van der Waals surface area contributed by atoms with Crippen molar-refractivity contribution in [2.24, 2.45) is 0 Å². The largest absolute Gasteiger partial charge is 0.352 e. The highest BCUT2D eigenvalue weighted by molar-refractivity contribution is 6.35. The molecule has 1 atom stereocenters. The lowest BCUT2D eigenvalue weighted by molar-refractivity contribution is -0.141. The topological polar surface area (TPSA) is 49.4 Å². The Morgan fingerprint density at radius 2 is 1.77 bits per heavy atom. The van der Waals surface area contributed by atoms with Gasteiger partial charge in [-0.25, -0.2) is 0 Å². The number of carbonyl (C=O) groups is 2. The van der Waals surface area contributed by atoms with E-state index in [0.717, 1.165) is 36.8 Å². The normalized spacial score (nSPS) is 15.0. The lowest BCUT2D eigenvalue weighted by Gasteiger charge is -2.31. The number of hydrogen-bond donors (Lipinski definition) is 1. The summed E-state index contributed by atoms with van der Waals surface area (Å²) in [6, 6.07) is 12.9. The Labute approximate surface area is 194 Å². The van der Waals surface area contributed by atoms with E-state index in [1.54, 1.807) is 23.1 Å². The number of benzene rings is 2. The molecule has 1 unspecified atom stereocenters. The van der Waals surface area contributed by atoms with Gasteiger partial charge in [-0.05, 0) is 49.4 Å². The number of amides is 2. The fourth-order valence-electron chi connectivity index (χ4n) is 4.11. The van der Waals surface area contributed by atoms with Crippen molar-refractivity contribution in [3.05, 3.63) is 69.2 Å². The molecule has 1 fully saturated rings. The van der Waals surface area contributed by atoms with Gasteiger partial charge >= 0.3 is 0 Å². The minimum absolute atomic E-state index is 0.0722. The molecule has 31 heavy (non-hydrogen) atoms. The molecule has 1 saturated carbocycles. The molecule has 2 aromatic rings. The molecule has 3 rings (SSSR count). The molecule has 0 saturated heterocycles. The summed E-state index contributed by atoms with van der Waals surface area (Å²) in [5.74, 6) is -0.199. The van der Waals surface area contributed by atoms with Gasteiger partial charge in [-0.2, -0.15) is 0 Å². The summed E-state index contributed by atoms with van der Waals surface area (Å²) in [4.78, 5) is 28.2. The third-order valence-electron chi connectivity index (χ3n) is 5.92. The second-order valence-corrected chi connectivity index (χ2v) is 9.18. The van der Waals surface area contributed by atoms with Gasteiger partial charge in [0.25, 0.3) is 0 Å². The number of halogens is 2. The van der Waals surface area contributed by atoms with Crippen LogP contribution in [0, 0.1) is 6.92 Å². The molecule has 0 heterocycles. The van der Waals surface area contributed by atoms with Crippen LogP contribution in [0.1, 0.15) is 55.7 Å². The van der Waals surface area contributed by atoms with E-state index in [4.69, 9.17) is 23.2 Å². The van der Waals surface area contributed by atoms with Crippen LogP contribution in [0.5, 0.6) is 0 Å². The monoisotopic (exact) mass is 460 g/mol. The Balaban J connectivity index is 1.83. The lowest BCUT2D eigenvalue weighted by atomic mass is 10.1. The number of nitrogens with zero attached hydrogens (tertiary/aromatic N) is 1. The van der Waals surface area contributed by atoms with Crippen LogP contribution in [0.25, 0.3) is 0 Å². The Hall–Kier alpha value is -2.04. The fraction of sp³-hybridized carbons (Fsp3) is 0.440. The zero-order valence-corrected chi connectivity index (χ0v) is 19.7. The molecule has 2 amide bonds. The number of nitrogens with one attached hydrogen (secondary N) is 1. The molecule has 0 radical (unpaired) electrons. The zero-order chi connectivity index (χ0) is 22.4. The SMILES string of the molecule is CCC(C(=O)NC1CCCC1)N(Cc1ccc(C)cc1)C(=O)Cc1ccc(Cl)cc1Cl. The van der Waals surface area contributed by atoms with Gasteiger partial charge in [-0.1, -0.05) is 78.9 Å². The van der Waals surface area contributed by atoms with Crippen molar-refractivity contribution < 1.29 is 9.59 Å².